The quantitative estimate of drug-likeness (QED) is 0.267. The van der Waals surface area contributed by atoms with E-state index in [0.717, 1.165) is 29.2 Å². The first kappa shape index (κ1) is 27.0. The number of urea groups is 1. The Balaban J connectivity index is 1.81. The molecule has 3 aromatic rings. The van der Waals surface area contributed by atoms with Crippen LogP contribution in [0.25, 0.3) is 11.1 Å². The van der Waals surface area contributed by atoms with Gasteiger partial charge in [0, 0.05) is 30.4 Å². The Morgan fingerprint density at radius 2 is 1.53 bits per heavy atom. The third kappa shape index (κ3) is 6.26. The van der Waals surface area contributed by atoms with Crippen molar-refractivity contribution in [3.05, 3.63) is 89.0 Å². The first-order chi connectivity index (χ1) is 18.0. The molecule has 0 aromatic heterocycles. The van der Waals surface area contributed by atoms with E-state index in [1.54, 1.807) is 0 Å². The molecule has 1 saturated heterocycles. The van der Waals surface area contributed by atoms with E-state index in [9.17, 15) is 31.5 Å². The average molecular weight is 535 g/mol. The lowest BCUT2D eigenvalue weighted by atomic mass is 10.0. The SMILES string of the molecule is O=C(NO)c1ccc(CN(C(=O)N2CCOCC2)c2cc(-c3cc(F)cc(F)c3)cc(C(F)(F)F)c2)cc1. The van der Waals surface area contributed by atoms with Crippen molar-refractivity contribution in [2.24, 2.45) is 0 Å². The highest BCUT2D eigenvalue weighted by Crippen LogP contribution is 2.37. The summed E-state index contributed by atoms with van der Waals surface area (Å²) in [4.78, 5) is 27.7. The van der Waals surface area contributed by atoms with Crippen molar-refractivity contribution in [3.8, 4) is 11.1 Å². The fourth-order valence-electron chi connectivity index (χ4n) is 4.02. The number of nitrogens with zero attached hydrogens (tertiary/aromatic N) is 2. The van der Waals surface area contributed by atoms with Crippen LogP contribution in [0.2, 0.25) is 0 Å². The number of hydrogen-bond donors (Lipinski definition) is 2. The van der Waals surface area contributed by atoms with Gasteiger partial charge in [-0.1, -0.05) is 12.1 Å². The van der Waals surface area contributed by atoms with Gasteiger partial charge in [0.25, 0.3) is 5.91 Å². The van der Waals surface area contributed by atoms with Gasteiger partial charge in [0.1, 0.15) is 11.6 Å². The lowest BCUT2D eigenvalue weighted by Gasteiger charge is -2.33. The van der Waals surface area contributed by atoms with Gasteiger partial charge < -0.3 is 9.64 Å². The van der Waals surface area contributed by atoms with Gasteiger partial charge in [0.05, 0.1) is 25.3 Å². The molecule has 38 heavy (non-hydrogen) atoms. The van der Waals surface area contributed by atoms with Crippen molar-refractivity contribution in [2.75, 3.05) is 31.2 Å². The molecule has 0 spiro atoms. The lowest BCUT2D eigenvalue weighted by molar-refractivity contribution is -0.137. The molecule has 1 aliphatic rings. The van der Waals surface area contributed by atoms with Gasteiger partial charge in [-0.3, -0.25) is 14.9 Å². The second-order valence-corrected chi connectivity index (χ2v) is 8.53. The molecule has 0 unspecified atom stereocenters. The molecule has 0 bridgehead atoms. The van der Waals surface area contributed by atoms with Crippen molar-refractivity contribution in [1.29, 1.82) is 0 Å². The van der Waals surface area contributed by atoms with Crippen LogP contribution in [0.1, 0.15) is 21.5 Å². The van der Waals surface area contributed by atoms with E-state index in [1.165, 1.54) is 40.7 Å². The van der Waals surface area contributed by atoms with Crippen LogP contribution in [-0.2, 0) is 17.5 Å². The second kappa shape index (κ2) is 11.2. The number of halogens is 5. The van der Waals surface area contributed by atoms with Gasteiger partial charge in [-0.05, 0) is 59.2 Å². The van der Waals surface area contributed by atoms with Gasteiger partial charge >= 0.3 is 12.2 Å². The third-order valence-corrected chi connectivity index (χ3v) is 5.92. The number of hydrogen-bond acceptors (Lipinski definition) is 4. The van der Waals surface area contributed by atoms with Crippen LogP contribution < -0.4 is 10.4 Å². The molecule has 3 aromatic carbocycles. The Morgan fingerprint density at radius 1 is 0.921 bits per heavy atom. The van der Waals surface area contributed by atoms with Crippen molar-refractivity contribution < 1.29 is 41.5 Å². The van der Waals surface area contributed by atoms with Crippen molar-refractivity contribution >= 4 is 17.6 Å². The minimum atomic E-state index is -4.82. The van der Waals surface area contributed by atoms with Crippen molar-refractivity contribution in [1.82, 2.24) is 10.4 Å². The second-order valence-electron chi connectivity index (χ2n) is 8.53. The predicted octanol–water partition coefficient (Wildman–Crippen LogP) is 5.23. The van der Waals surface area contributed by atoms with E-state index >= 15 is 0 Å². The number of ether oxygens (including phenoxy) is 1. The molecule has 1 aliphatic heterocycles. The summed E-state index contributed by atoms with van der Waals surface area (Å²) < 4.78 is 74.7. The summed E-state index contributed by atoms with van der Waals surface area (Å²) in [7, 11) is 0. The molecule has 0 saturated carbocycles. The number of anilines is 1. The van der Waals surface area contributed by atoms with Crippen LogP contribution in [0.15, 0.2) is 60.7 Å². The number of benzene rings is 3. The highest BCUT2D eigenvalue weighted by atomic mass is 19.4. The standard InChI is InChI=1S/C26H22F5N3O4/c27-21-10-19(11-22(28)14-21)18-9-20(26(29,30)31)13-23(12-18)34(25(36)33-5-7-38-8-6-33)15-16-1-3-17(4-2-16)24(35)32-37/h1-4,9-14,37H,5-8,15H2,(H,32,35). The lowest BCUT2D eigenvalue weighted by Crippen LogP contribution is -2.48. The molecule has 200 valence electrons. The monoisotopic (exact) mass is 535 g/mol. The maximum Gasteiger partial charge on any atom is 0.416 e. The Kier molecular flexibility index (Phi) is 7.93. The van der Waals surface area contributed by atoms with Gasteiger partial charge in [0.2, 0.25) is 0 Å². The fraction of sp³-hybridized carbons (Fsp3) is 0.231. The van der Waals surface area contributed by atoms with E-state index in [2.05, 4.69) is 0 Å². The Labute approximate surface area is 214 Å². The maximum absolute atomic E-state index is 13.9. The number of rotatable bonds is 5. The number of morpholine rings is 1. The van der Waals surface area contributed by atoms with Gasteiger partial charge in [-0.25, -0.2) is 19.1 Å². The highest BCUT2D eigenvalue weighted by Gasteiger charge is 2.33. The van der Waals surface area contributed by atoms with Crippen molar-refractivity contribution in [2.45, 2.75) is 12.7 Å². The first-order valence-electron chi connectivity index (χ1n) is 11.4. The van der Waals surface area contributed by atoms with Gasteiger partial charge in [-0.15, -0.1) is 0 Å². The van der Waals surface area contributed by atoms with Crippen LogP contribution in [0.5, 0.6) is 0 Å². The molecular weight excluding hydrogens is 513 g/mol. The van der Waals surface area contributed by atoms with Crippen molar-refractivity contribution in [3.63, 3.8) is 0 Å². The maximum atomic E-state index is 13.9. The molecule has 12 heteroatoms. The minimum absolute atomic E-state index is 0.122. The summed E-state index contributed by atoms with van der Waals surface area (Å²) in [5, 5.41) is 8.81. The summed E-state index contributed by atoms with van der Waals surface area (Å²) in [5.41, 5.74) is 0.568. The number of carbonyl (C=O) groups is 2. The number of amides is 3. The van der Waals surface area contributed by atoms with Crippen LogP contribution in [0.3, 0.4) is 0 Å². The highest BCUT2D eigenvalue weighted by molar-refractivity contribution is 5.94. The summed E-state index contributed by atoms with van der Waals surface area (Å²) >= 11 is 0. The molecular formula is C26H22F5N3O4. The first-order valence-corrected chi connectivity index (χ1v) is 11.4. The molecule has 2 N–H and O–H groups in total. The molecule has 4 rings (SSSR count). The predicted molar refractivity (Wildman–Crippen MR) is 126 cm³/mol. The third-order valence-electron chi connectivity index (χ3n) is 5.92. The molecule has 1 fully saturated rings. The zero-order valence-corrected chi connectivity index (χ0v) is 19.8. The van der Waals surface area contributed by atoms with E-state index in [4.69, 9.17) is 9.94 Å². The summed E-state index contributed by atoms with van der Waals surface area (Å²) in [6.45, 7) is 0.745. The minimum Gasteiger partial charge on any atom is -0.378 e. The average Bonchev–Trinajstić information content (AvgIpc) is 2.90. The topological polar surface area (TPSA) is 82.1 Å². The summed E-state index contributed by atoms with van der Waals surface area (Å²) in [5.74, 6) is -2.69. The van der Waals surface area contributed by atoms with E-state index in [0.29, 0.717) is 11.6 Å². The van der Waals surface area contributed by atoms with Crippen LogP contribution in [0, 0.1) is 11.6 Å². The smallest absolute Gasteiger partial charge is 0.378 e. The molecule has 1 heterocycles. The Hall–Kier alpha value is -4.03. The van der Waals surface area contributed by atoms with Crippen LogP contribution in [-0.4, -0.2) is 48.3 Å². The van der Waals surface area contributed by atoms with E-state index in [1.807, 2.05) is 0 Å². The number of nitrogens with one attached hydrogen (secondary N) is 1. The van der Waals surface area contributed by atoms with Gasteiger partial charge in [0.15, 0.2) is 0 Å². The number of alkyl halides is 3. The number of carbonyl (C=O) groups excluding carboxylic acids is 2. The van der Waals surface area contributed by atoms with E-state index < -0.39 is 35.3 Å². The van der Waals surface area contributed by atoms with E-state index in [-0.39, 0.29) is 55.2 Å². The Bertz CT molecular complexity index is 1310. The normalized spacial score (nSPS) is 13.8. The zero-order valence-electron chi connectivity index (χ0n) is 19.8. The molecule has 3 amide bonds. The Morgan fingerprint density at radius 3 is 2.11 bits per heavy atom. The van der Waals surface area contributed by atoms with Crippen LogP contribution in [0.4, 0.5) is 32.4 Å². The summed E-state index contributed by atoms with van der Waals surface area (Å²) in [6.07, 6.45) is -4.82. The summed E-state index contributed by atoms with van der Waals surface area (Å²) in [6, 6.07) is 10.4. The number of hydroxylamine groups is 1. The molecule has 0 atom stereocenters. The van der Waals surface area contributed by atoms with Crippen LogP contribution >= 0.6 is 0 Å². The largest absolute Gasteiger partial charge is 0.416 e. The van der Waals surface area contributed by atoms with Gasteiger partial charge in [-0.2, -0.15) is 13.2 Å². The zero-order chi connectivity index (χ0) is 27.4. The molecule has 0 aliphatic carbocycles. The fourth-order valence-corrected chi connectivity index (χ4v) is 4.02. The molecule has 0 radical (unpaired) electrons. The molecule has 7 nitrogen and oxygen atoms in total.